The monoisotopic (exact) mass is 258 g/mol. The van der Waals surface area contributed by atoms with Crippen molar-refractivity contribution in [3.63, 3.8) is 0 Å². The van der Waals surface area contributed by atoms with Crippen LogP contribution in [0, 0.1) is 0 Å². The van der Waals surface area contributed by atoms with Gasteiger partial charge in [0, 0.05) is 26.1 Å². The van der Waals surface area contributed by atoms with Gasteiger partial charge in [-0.1, -0.05) is 42.5 Å². The van der Waals surface area contributed by atoms with E-state index < -0.39 is 0 Å². The fourth-order valence-corrected chi connectivity index (χ4v) is 2.28. The van der Waals surface area contributed by atoms with E-state index in [9.17, 15) is 4.79 Å². The Morgan fingerprint density at radius 3 is 2.84 bits per heavy atom. The zero-order valence-corrected chi connectivity index (χ0v) is 11.3. The maximum absolute atomic E-state index is 11.4. The predicted molar refractivity (Wildman–Crippen MR) is 78.8 cm³/mol. The number of hydrogen-bond donors (Lipinski definition) is 1. The molecule has 0 bridgehead atoms. The van der Waals surface area contributed by atoms with Gasteiger partial charge in [-0.05, 0) is 24.9 Å². The summed E-state index contributed by atoms with van der Waals surface area (Å²) < 4.78 is 0. The van der Waals surface area contributed by atoms with Crippen molar-refractivity contribution < 1.29 is 4.79 Å². The van der Waals surface area contributed by atoms with Crippen LogP contribution in [0.3, 0.4) is 0 Å². The zero-order valence-electron chi connectivity index (χ0n) is 11.3. The van der Waals surface area contributed by atoms with Gasteiger partial charge in [0.05, 0.1) is 0 Å². The lowest BCUT2D eigenvalue weighted by Crippen LogP contribution is -2.28. The van der Waals surface area contributed by atoms with Crippen LogP contribution in [0.15, 0.2) is 36.4 Å². The molecule has 2 rings (SSSR count). The third kappa shape index (κ3) is 4.87. The number of benzene rings is 1. The standard InChI is InChI=1S/C16H22N2O/c19-16-10-5-13-18(16)14-6-12-17-11-4-9-15-7-2-1-3-8-15/h1-4,7-9,17H,5-6,10-14H2/b9-4+. The highest BCUT2D eigenvalue weighted by Crippen LogP contribution is 2.09. The van der Waals surface area contributed by atoms with E-state index >= 15 is 0 Å². The Balaban J connectivity index is 1.53. The van der Waals surface area contributed by atoms with E-state index in [2.05, 4.69) is 29.6 Å². The Bertz CT molecular complexity index is 414. The molecule has 0 saturated carbocycles. The highest BCUT2D eigenvalue weighted by molar-refractivity contribution is 5.77. The lowest BCUT2D eigenvalue weighted by molar-refractivity contribution is -0.127. The molecule has 3 heteroatoms. The van der Waals surface area contributed by atoms with Gasteiger partial charge in [-0.15, -0.1) is 0 Å². The van der Waals surface area contributed by atoms with Crippen LogP contribution in [0.5, 0.6) is 0 Å². The summed E-state index contributed by atoms with van der Waals surface area (Å²) in [6.45, 7) is 3.69. The van der Waals surface area contributed by atoms with Gasteiger partial charge in [-0.2, -0.15) is 0 Å². The van der Waals surface area contributed by atoms with Gasteiger partial charge in [-0.3, -0.25) is 4.79 Å². The number of amides is 1. The molecule has 1 amide bonds. The molecule has 1 N–H and O–H groups in total. The zero-order chi connectivity index (χ0) is 13.3. The first-order valence-corrected chi connectivity index (χ1v) is 7.06. The normalized spacial score (nSPS) is 15.6. The number of carbonyl (C=O) groups is 1. The van der Waals surface area contributed by atoms with Crippen LogP contribution in [0.1, 0.15) is 24.8 Å². The first kappa shape index (κ1) is 13.8. The van der Waals surface area contributed by atoms with Crippen LogP contribution in [-0.2, 0) is 4.79 Å². The summed E-state index contributed by atoms with van der Waals surface area (Å²) in [5, 5.41) is 3.37. The third-order valence-corrected chi connectivity index (χ3v) is 3.33. The highest BCUT2D eigenvalue weighted by atomic mass is 16.2. The second kappa shape index (κ2) is 7.74. The molecular formula is C16H22N2O. The second-order valence-corrected chi connectivity index (χ2v) is 4.86. The highest BCUT2D eigenvalue weighted by Gasteiger charge is 2.18. The lowest BCUT2D eigenvalue weighted by atomic mass is 10.2. The predicted octanol–water partition coefficient (Wildman–Crippen LogP) is 2.30. The first-order chi connectivity index (χ1) is 9.36. The molecule has 1 aliphatic rings. The van der Waals surface area contributed by atoms with E-state index in [1.54, 1.807) is 0 Å². The summed E-state index contributed by atoms with van der Waals surface area (Å²) in [7, 11) is 0. The van der Waals surface area contributed by atoms with Gasteiger partial charge in [0.25, 0.3) is 0 Å². The maximum Gasteiger partial charge on any atom is 0.222 e. The van der Waals surface area contributed by atoms with Crippen molar-refractivity contribution in [2.24, 2.45) is 0 Å². The van der Waals surface area contributed by atoms with Gasteiger partial charge in [-0.25, -0.2) is 0 Å². The Morgan fingerprint density at radius 1 is 1.26 bits per heavy atom. The molecule has 0 radical (unpaired) electrons. The largest absolute Gasteiger partial charge is 0.343 e. The fourth-order valence-electron chi connectivity index (χ4n) is 2.28. The van der Waals surface area contributed by atoms with Crippen LogP contribution in [0.4, 0.5) is 0 Å². The van der Waals surface area contributed by atoms with Crippen molar-refractivity contribution in [3.05, 3.63) is 42.0 Å². The van der Waals surface area contributed by atoms with Crippen LogP contribution in [0.2, 0.25) is 0 Å². The molecule has 1 aromatic carbocycles. The smallest absolute Gasteiger partial charge is 0.222 e. The number of carbonyl (C=O) groups excluding carboxylic acids is 1. The average molecular weight is 258 g/mol. The summed E-state index contributed by atoms with van der Waals surface area (Å²) in [5.74, 6) is 0.323. The number of nitrogens with one attached hydrogen (secondary N) is 1. The van der Waals surface area contributed by atoms with Crippen molar-refractivity contribution in [1.29, 1.82) is 0 Å². The van der Waals surface area contributed by atoms with Crippen molar-refractivity contribution in [3.8, 4) is 0 Å². The molecule has 1 aromatic rings. The molecule has 19 heavy (non-hydrogen) atoms. The van der Waals surface area contributed by atoms with Crippen molar-refractivity contribution in [2.45, 2.75) is 19.3 Å². The average Bonchev–Trinajstić information content (AvgIpc) is 2.84. The minimum Gasteiger partial charge on any atom is -0.343 e. The summed E-state index contributed by atoms with van der Waals surface area (Å²) in [6, 6.07) is 10.3. The molecule has 1 heterocycles. The van der Waals surface area contributed by atoms with Crippen molar-refractivity contribution in [1.82, 2.24) is 10.2 Å². The minimum absolute atomic E-state index is 0.323. The molecule has 0 unspecified atom stereocenters. The minimum atomic E-state index is 0.323. The van der Waals surface area contributed by atoms with Gasteiger partial charge in [0.1, 0.15) is 0 Å². The van der Waals surface area contributed by atoms with Crippen LogP contribution in [-0.4, -0.2) is 37.0 Å². The molecule has 102 valence electrons. The molecule has 3 nitrogen and oxygen atoms in total. The molecule has 1 fully saturated rings. The topological polar surface area (TPSA) is 32.3 Å². The maximum atomic E-state index is 11.4. The van der Waals surface area contributed by atoms with E-state index in [0.717, 1.165) is 45.4 Å². The first-order valence-electron chi connectivity index (χ1n) is 7.06. The Morgan fingerprint density at radius 2 is 2.11 bits per heavy atom. The summed E-state index contributed by atoms with van der Waals surface area (Å²) >= 11 is 0. The summed E-state index contributed by atoms with van der Waals surface area (Å²) in [5.41, 5.74) is 1.23. The Labute approximate surface area is 115 Å². The third-order valence-electron chi connectivity index (χ3n) is 3.33. The number of likely N-dealkylation sites (tertiary alicyclic amines) is 1. The van der Waals surface area contributed by atoms with E-state index in [4.69, 9.17) is 0 Å². The molecule has 1 aliphatic heterocycles. The Kier molecular flexibility index (Phi) is 5.63. The van der Waals surface area contributed by atoms with E-state index in [0.29, 0.717) is 5.91 Å². The molecule has 0 aliphatic carbocycles. The quantitative estimate of drug-likeness (QED) is 0.761. The molecule has 0 aromatic heterocycles. The van der Waals surface area contributed by atoms with Gasteiger partial charge < -0.3 is 10.2 Å². The number of nitrogens with zero attached hydrogens (tertiary/aromatic N) is 1. The van der Waals surface area contributed by atoms with Gasteiger partial charge in [0.2, 0.25) is 5.91 Å². The molecular weight excluding hydrogens is 236 g/mol. The van der Waals surface area contributed by atoms with Crippen LogP contribution in [0.25, 0.3) is 6.08 Å². The van der Waals surface area contributed by atoms with Crippen molar-refractivity contribution in [2.75, 3.05) is 26.2 Å². The summed E-state index contributed by atoms with van der Waals surface area (Å²) in [6.07, 6.45) is 7.07. The molecule has 0 spiro atoms. The summed E-state index contributed by atoms with van der Waals surface area (Å²) in [4.78, 5) is 13.4. The van der Waals surface area contributed by atoms with E-state index in [1.165, 1.54) is 5.56 Å². The van der Waals surface area contributed by atoms with E-state index in [1.807, 2.05) is 23.1 Å². The molecule has 0 atom stereocenters. The SMILES string of the molecule is O=C1CCCN1CCCNC/C=C/c1ccccc1. The van der Waals surface area contributed by atoms with Crippen LogP contribution >= 0.6 is 0 Å². The van der Waals surface area contributed by atoms with Gasteiger partial charge >= 0.3 is 0 Å². The molecule has 1 saturated heterocycles. The number of hydrogen-bond acceptors (Lipinski definition) is 2. The van der Waals surface area contributed by atoms with Gasteiger partial charge in [0.15, 0.2) is 0 Å². The van der Waals surface area contributed by atoms with Crippen molar-refractivity contribution >= 4 is 12.0 Å². The fraction of sp³-hybridized carbons (Fsp3) is 0.438. The lowest BCUT2D eigenvalue weighted by Gasteiger charge is -2.14. The second-order valence-electron chi connectivity index (χ2n) is 4.86. The van der Waals surface area contributed by atoms with Crippen LogP contribution < -0.4 is 5.32 Å². The Hall–Kier alpha value is -1.61. The van der Waals surface area contributed by atoms with E-state index in [-0.39, 0.29) is 0 Å². The number of rotatable bonds is 7.